The average Bonchev–Trinajstić information content (AvgIpc) is 3.64. The van der Waals surface area contributed by atoms with Gasteiger partial charge in [0, 0.05) is 43.4 Å². The van der Waals surface area contributed by atoms with E-state index in [4.69, 9.17) is 38.0 Å². The lowest BCUT2D eigenvalue weighted by molar-refractivity contribution is 0.0934. The molecular weight excluding hydrogens is 476 g/mol. The third-order valence-electron chi connectivity index (χ3n) is 5.19. The average molecular weight is 501 g/mol. The van der Waals surface area contributed by atoms with E-state index in [1.165, 1.54) is 7.11 Å². The Morgan fingerprint density at radius 3 is 2.71 bits per heavy atom. The Balaban J connectivity index is 1.57. The highest BCUT2D eigenvalue weighted by molar-refractivity contribution is 7.80. The van der Waals surface area contributed by atoms with Crippen molar-refractivity contribution in [3.63, 3.8) is 0 Å². The summed E-state index contributed by atoms with van der Waals surface area (Å²) in [6.45, 7) is 0.788. The van der Waals surface area contributed by atoms with Crippen LogP contribution in [-0.4, -0.2) is 49.4 Å². The van der Waals surface area contributed by atoms with Crippen molar-refractivity contribution in [3.05, 3.63) is 53.2 Å². The van der Waals surface area contributed by atoms with Crippen molar-refractivity contribution in [2.75, 3.05) is 32.7 Å². The molecule has 178 valence electrons. The number of hydrogen-bond donors (Lipinski definition) is 3. The van der Waals surface area contributed by atoms with Crippen molar-refractivity contribution in [3.8, 4) is 17.2 Å². The van der Waals surface area contributed by atoms with Crippen molar-refractivity contribution in [2.24, 2.45) is 0 Å². The predicted octanol–water partition coefficient (Wildman–Crippen LogP) is 4.51. The first-order chi connectivity index (χ1) is 16.5. The summed E-state index contributed by atoms with van der Waals surface area (Å²) in [5, 5.41) is 10.8. The van der Waals surface area contributed by atoms with Crippen LogP contribution in [0.15, 0.2) is 42.6 Å². The number of nitrogens with one attached hydrogen (secondary N) is 3. The molecule has 3 N–H and O–H groups in total. The van der Waals surface area contributed by atoms with Gasteiger partial charge in [-0.3, -0.25) is 9.78 Å². The maximum atomic E-state index is 12.7. The Bertz CT molecular complexity index is 1220. The molecule has 0 atom stereocenters. The van der Waals surface area contributed by atoms with Crippen LogP contribution < -0.4 is 25.4 Å². The Kier molecular flexibility index (Phi) is 7.66. The van der Waals surface area contributed by atoms with Crippen LogP contribution in [0.4, 0.5) is 5.69 Å². The molecule has 34 heavy (non-hydrogen) atoms. The van der Waals surface area contributed by atoms with Crippen molar-refractivity contribution < 1.29 is 19.0 Å². The van der Waals surface area contributed by atoms with Gasteiger partial charge >= 0.3 is 0 Å². The lowest BCUT2D eigenvalue weighted by Crippen LogP contribution is -2.30. The third kappa shape index (κ3) is 5.85. The minimum absolute atomic E-state index is 0.278. The first-order valence-corrected chi connectivity index (χ1v) is 11.6. The topological polar surface area (TPSA) is 93.7 Å². The number of rotatable bonds is 9. The van der Waals surface area contributed by atoms with Gasteiger partial charge < -0.3 is 30.2 Å². The lowest BCUT2D eigenvalue weighted by Gasteiger charge is -2.14. The lowest BCUT2D eigenvalue weighted by atomic mass is 10.1. The number of anilines is 1. The van der Waals surface area contributed by atoms with Crippen LogP contribution in [-0.2, 0) is 4.74 Å². The number of benzene rings is 2. The molecule has 0 spiro atoms. The number of pyridine rings is 1. The van der Waals surface area contributed by atoms with Crippen molar-refractivity contribution >= 4 is 51.4 Å². The molecule has 1 fully saturated rings. The molecule has 0 radical (unpaired) electrons. The van der Waals surface area contributed by atoms with E-state index in [2.05, 4.69) is 20.9 Å². The summed E-state index contributed by atoms with van der Waals surface area (Å²) in [4.78, 5) is 17.1. The molecule has 10 heteroatoms. The number of halogens is 1. The molecule has 4 rings (SSSR count). The molecule has 1 aliphatic carbocycles. The minimum atomic E-state index is -0.278. The van der Waals surface area contributed by atoms with Gasteiger partial charge in [-0.25, -0.2) is 0 Å². The number of nitrogens with zero attached hydrogens (tertiary/aromatic N) is 1. The Hall–Kier alpha value is -3.14. The highest BCUT2D eigenvalue weighted by Gasteiger charge is 2.22. The Morgan fingerprint density at radius 1 is 1.18 bits per heavy atom. The number of thiocarbonyl (C=S) groups is 1. The van der Waals surface area contributed by atoms with Gasteiger partial charge in [-0.1, -0.05) is 11.6 Å². The van der Waals surface area contributed by atoms with E-state index in [9.17, 15) is 4.79 Å². The predicted molar refractivity (Wildman–Crippen MR) is 136 cm³/mol. The van der Waals surface area contributed by atoms with E-state index >= 15 is 0 Å². The van der Waals surface area contributed by atoms with E-state index < -0.39 is 0 Å². The fraction of sp³-hybridized carbons (Fsp3) is 0.292. The van der Waals surface area contributed by atoms with E-state index in [1.807, 2.05) is 0 Å². The van der Waals surface area contributed by atoms with Crippen molar-refractivity contribution in [1.82, 2.24) is 15.6 Å². The number of hydrogen-bond acceptors (Lipinski definition) is 6. The van der Waals surface area contributed by atoms with Crippen LogP contribution in [0.25, 0.3) is 10.9 Å². The van der Waals surface area contributed by atoms with Gasteiger partial charge in [0.1, 0.15) is 17.2 Å². The molecule has 3 aromatic rings. The Labute approximate surface area is 207 Å². The number of ether oxygens (including phenoxy) is 3. The summed E-state index contributed by atoms with van der Waals surface area (Å²) in [6.07, 6.45) is 3.89. The Morgan fingerprint density at radius 2 is 2.00 bits per heavy atom. The maximum absolute atomic E-state index is 12.7. The highest BCUT2D eigenvalue weighted by atomic mass is 35.5. The van der Waals surface area contributed by atoms with Crippen molar-refractivity contribution in [2.45, 2.75) is 18.9 Å². The molecule has 0 aliphatic heterocycles. The van der Waals surface area contributed by atoms with Gasteiger partial charge in [-0.2, -0.15) is 0 Å². The molecule has 1 heterocycles. The van der Waals surface area contributed by atoms with Gasteiger partial charge in [-0.15, -0.1) is 0 Å². The van der Waals surface area contributed by atoms with E-state index in [-0.39, 0.29) is 5.91 Å². The third-order valence-corrected chi connectivity index (χ3v) is 5.72. The monoisotopic (exact) mass is 500 g/mol. The molecule has 1 amide bonds. The number of carbonyl (C=O) groups is 1. The number of methoxy groups -OCH3 is 2. The number of amides is 1. The normalized spacial score (nSPS) is 12.8. The standard InChI is InChI=1S/C24H25ClN4O4S/c1-31-10-9-27-23(30)17-12-16-20(13-22(17)32-2)26-8-7-21(16)33-15-5-6-19(18(25)11-15)29-24(34)28-14-3-4-14/h5-8,11-14H,3-4,9-10H2,1-2H3,(H,27,30)(H2,28,29,34). The molecule has 1 aliphatic rings. The van der Waals surface area contributed by atoms with Gasteiger partial charge in [-0.05, 0) is 49.3 Å². The maximum Gasteiger partial charge on any atom is 0.255 e. The molecule has 8 nitrogen and oxygen atoms in total. The fourth-order valence-electron chi connectivity index (χ4n) is 3.30. The molecular formula is C24H25ClN4O4S. The number of carbonyl (C=O) groups excluding carboxylic acids is 1. The minimum Gasteiger partial charge on any atom is -0.496 e. The number of fused-ring (bicyclic) bond motifs is 1. The van der Waals surface area contributed by atoms with E-state index in [0.29, 0.717) is 68.7 Å². The first kappa shape index (κ1) is 24.0. The molecule has 1 saturated carbocycles. The summed E-state index contributed by atoms with van der Waals surface area (Å²) < 4.78 is 16.5. The van der Waals surface area contributed by atoms with Gasteiger partial charge in [0.15, 0.2) is 5.11 Å². The summed E-state index contributed by atoms with van der Waals surface area (Å²) in [5.74, 6) is 1.20. The quantitative estimate of drug-likeness (QED) is 0.292. The second-order valence-electron chi connectivity index (χ2n) is 7.74. The summed E-state index contributed by atoms with van der Waals surface area (Å²) in [5.41, 5.74) is 1.69. The molecule has 0 unspecified atom stereocenters. The van der Waals surface area contributed by atoms with Crippen LogP contribution in [0.5, 0.6) is 17.2 Å². The van der Waals surface area contributed by atoms with Crippen LogP contribution in [0, 0.1) is 0 Å². The van der Waals surface area contributed by atoms with Gasteiger partial charge in [0.05, 0.1) is 35.5 Å². The van der Waals surface area contributed by atoms with Gasteiger partial charge in [0.2, 0.25) is 0 Å². The fourth-order valence-corrected chi connectivity index (χ4v) is 3.80. The summed E-state index contributed by atoms with van der Waals surface area (Å²) >= 11 is 11.8. The largest absolute Gasteiger partial charge is 0.496 e. The van der Waals surface area contributed by atoms with Crippen LogP contribution >= 0.6 is 23.8 Å². The zero-order valence-corrected chi connectivity index (χ0v) is 20.4. The van der Waals surface area contributed by atoms with Crippen LogP contribution in [0.1, 0.15) is 23.2 Å². The molecule has 2 aromatic carbocycles. The molecule has 0 saturated heterocycles. The smallest absolute Gasteiger partial charge is 0.255 e. The summed E-state index contributed by atoms with van der Waals surface area (Å²) in [7, 11) is 3.09. The first-order valence-electron chi connectivity index (χ1n) is 10.8. The zero-order valence-electron chi connectivity index (χ0n) is 18.8. The van der Waals surface area contributed by atoms with E-state index in [0.717, 1.165) is 12.8 Å². The second kappa shape index (κ2) is 10.9. The van der Waals surface area contributed by atoms with Crippen LogP contribution in [0.3, 0.4) is 0 Å². The highest BCUT2D eigenvalue weighted by Crippen LogP contribution is 2.35. The van der Waals surface area contributed by atoms with Crippen molar-refractivity contribution in [1.29, 1.82) is 0 Å². The zero-order chi connectivity index (χ0) is 24.1. The summed E-state index contributed by atoms with van der Waals surface area (Å²) in [6, 6.07) is 10.9. The molecule has 1 aromatic heterocycles. The second-order valence-corrected chi connectivity index (χ2v) is 8.56. The van der Waals surface area contributed by atoms with Crippen LogP contribution in [0.2, 0.25) is 5.02 Å². The van der Waals surface area contributed by atoms with E-state index in [1.54, 1.807) is 49.7 Å². The number of aromatic nitrogens is 1. The molecule has 0 bridgehead atoms. The van der Waals surface area contributed by atoms with Gasteiger partial charge in [0.25, 0.3) is 5.91 Å². The SMILES string of the molecule is COCCNC(=O)c1cc2c(Oc3ccc(NC(=S)NC4CC4)c(Cl)c3)ccnc2cc1OC.